The van der Waals surface area contributed by atoms with Gasteiger partial charge in [-0.3, -0.25) is 13.8 Å². The molecule has 0 amide bonds. The lowest BCUT2D eigenvalue weighted by molar-refractivity contribution is 0.471. The zero-order chi connectivity index (χ0) is 32.4. The van der Waals surface area contributed by atoms with Gasteiger partial charge in [-0.05, 0) is 66.9 Å². The maximum absolute atomic E-state index is 12.4. The second-order valence-electron chi connectivity index (χ2n) is 10.4. The summed E-state index contributed by atoms with van der Waals surface area (Å²) in [6, 6.07) is 16.1. The lowest BCUT2D eigenvalue weighted by Crippen LogP contribution is -2.20. The first kappa shape index (κ1) is 31.2. The highest BCUT2D eigenvalue weighted by molar-refractivity contribution is 7.92. The summed E-state index contributed by atoms with van der Waals surface area (Å²) in [6.07, 6.45) is 0.927. The molecule has 4 N–H and O–H groups in total. The van der Waals surface area contributed by atoms with Crippen molar-refractivity contribution in [3.63, 3.8) is 0 Å². The second-order valence-corrected chi connectivity index (χ2v) is 14.9. The number of benzene rings is 4. The van der Waals surface area contributed by atoms with Gasteiger partial charge in [0, 0.05) is 39.4 Å². The minimum atomic E-state index is -4.76. The van der Waals surface area contributed by atoms with Crippen molar-refractivity contribution in [1.29, 1.82) is 0 Å². The Morgan fingerprint density at radius 1 is 0.727 bits per heavy atom. The van der Waals surface area contributed by atoms with Gasteiger partial charge >= 0.3 is 0 Å². The van der Waals surface area contributed by atoms with Crippen LogP contribution in [0.1, 0.15) is 27.8 Å². The Bertz CT molecular complexity index is 2330. The van der Waals surface area contributed by atoms with Crippen LogP contribution in [-0.4, -0.2) is 40.6 Å². The number of sulfonamides is 1. The van der Waals surface area contributed by atoms with Crippen LogP contribution in [0, 0.1) is 20.8 Å². The highest BCUT2D eigenvalue weighted by atomic mass is 32.2. The molecular weight excluding hydrogens is 629 g/mol. The van der Waals surface area contributed by atoms with Gasteiger partial charge in [0.05, 0.1) is 11.9 Å². The Morgan fingerprint density at radius 2 is 1.39 bits per heavy atom. The van der Waals surface area contributed by atoms with Crippen molar-refractivity contribution >= 4 is 59.5 Å². The standard InChI is InChI=1S/C30H28N2O9S3/c1-16-10-12-21-24(14-16)41-25-15-20(11-13-22(25)27(21)23-8-6-7-9-26(23)43(35,36)37)31-28-17(2)29(32-42(5,33)34)19(4)30(18(28)3)44(38,39)40/h6-15,31-32H,1H2,2-5H3,(H,35,36,37)(H,38,39,40). The van der Waals surface area contributed by atoms with E-state index in [1.54, 1.807) is 55.5 Å². The van der Waals surface area contributed by atoms with Gasteiger partial charge in [0.25, 0.3) is 20.2 Å². The Morgan fingerprint density at radius 3 is 2.02 bits per heavy atom. The minimum Gasteiger partial charge on any atom is -0.456 e. The van der Waals surface area contributed by atoms with Gasteiger partial charge in [0.1, 0.15) is 21.3 Å². The van der Waals surface area contributed by atoms with Crippen LogP contribution >= 0.6 is 0 Å². The molecule has 0 radical (unpaired) electrons. The predicted octanol–water partition coefficient (Wildman–Crippen LogP) is 3.98. The summed E-state index contributed by atoms with van der Waals surface area (Å²) in [4.78, 5) is -0.732. The number of hydrogen-bond acceptors (Lipinski definition) is 8. The first-order valence-electron chi connectivity index (χ1n) is 13.0. The molecule has 4 aromatic carbocycles. The Balaban J connectivity index is 1.73. The lowest BCUT2D eigenvalue weighted by Gasteiger charge is -2.24. The van der Waals surface area contributed by atoms with Crippen LogP contribution in [0.15, 0.2) is 70.5 Å². The van der Waals surface area contributed by atoms with E-state index in [1.165, 1.54) is 26.0 Å². The van der Waals surface area contributed by atoms with Crippen molar-refractivity contribution < 1.29 is 39.1 Å². The highest BCUT2D eigenvalue weighted by Crippen LogP contribution is 2.42. The Hall–Kier alpha value is -4.21. The first-order chi connectivity index (χ1) is 20.4. The van der Waals surface area contributed by atoms with E-state index >= 15 is 0 Å². The van der Waals surface area contributed by atoms with Gasteiger partial charge in [-0.1, -0.05) is 36.9 Å². The molecule has 0 bridgehead atoms. The molecule has 230 valence electrons. The first-order valence-corrected chi connectivity index (χ1v) is 17.7. The predicted molar refractivity (Wildman–Crippen MR) is 168 cm³/mol. The van der Waals surface area contributed by atoms with Crippen molar-refractivity contribution in [3.8, 4) is 11.5 Å². The molecule has 0 fully saturated rings. The Kier molecular flexibility index (Phi) is 7.63. The summed E-state index contributed by atoms with van der Waals surface area (Å²) in [5.41, 5.74) is 2.43. The smallest absolute Gasteiger partial charge is 0.295 e. The van der Waals surface area contributed by atoms with E-state index in [2.05, 4.69) is 16.6 Å². The molecule has 1 heterocycles. The molecule has 5 rings (SSSR count). The highest BCUT2D eigenvalue weighted by Gasteiger charge is 2.28. The Labute approximate surface area is 255 Å². The molecule has 11 nitrogen and oxygen atoms in total. The summed E-state index contributed by atoms with van der Waals surface area (Å²) < 4.78 is 102. The van der Waals surface area contributed by atoms with Crippen LogP contribution in [0.4, 0.5) is 17.1 Å². The number of ether oxygens (including phenoxy) is 1. The molecule has 4 aromatic rings. The van der Waals surface area contributed by atoms with Crippen molar-refractivity contribution in [2.75, 3.05) is 16.3 Å². The fraction of sp³-hybridized carbons (Fsp3) is 0.133. The van der Waals surface area contributed by atoms with Crippen LogP contribution in [0.2, 0.25) is 0 Å². The number of anilines is 3. The van der Waals surface area contributed by atoms with Crippen molar-refractivity contribution in [1.82, 2.24) is 0 Å². The minimum absolute atomic E-state index is 0.00298. The second kappa shape index (κ2) is 10.7. The molecule has 1 aliphatic heterocycles. The maximum atomic E-state index is 12.4. The van der Waals surface area contributed by atoms with Crippen molar-refractivity contribution in [2.24, 2.45) is 0 Å². The molecule has 0 unspecified atom stereocenters. The average molecular weight is 657 g/mol. The SMILES string of the molecule is C=c1ccc2c(c1)Oc1cc(Nc3c(C)c(NS(C)(=O)=O)c(C)c(S(=O)(=O)O)c3C)ccc1C=2c1ccccc1S(=O)(=O)O. The van der Waals surface area contributed by atoms with E-state index in [0.29, 0.717) is 44.3 Å². The number of fused-ring (bicyclic) bond motifs is 2. The van der Waals surface area contributed by atoms with Gasteiger partial charge in [-0.15, -0.1) is 0 Å². The number of hydrogen-bond donors (Lipinski definition) is 4. The van der Waals surface area contributed by atoms with Gasteiger partial charge in [-0.25, -0.2) is 8.42 Å². The van der Waals surface area contributed by atoms with Crippen LogP contribution in [-0.2, 0) is 30.3 Å². The average Bonchev–Trinajstić information content (AvgIpc) is 2.90. The quantitative estimate of drug-likeness (QED) is 0.188. The summed E-state index contributed by atoms with van der Waals surface area (Å²) >= 11 is 0. The fourth-order valence-corrected chi connectivity index (χ4v) is 7.81. The monoisotopic (exact) mass is 656 g/mol. The largest absolute Gasteiger partial charge is 0.456 e. The molecular formula is C30H28N2O9S3. The molecule has 44 heavy (non-hydrogen) atoms. The summed E-state index contributed by atoms with van der Waals surface area (Å²) in [7, 11) is -13.2. The van der Waals surface area contributed by atoms with E-state index in [9.17, 15) is 34.4 Å². The molecule has 1 aliphatic rings. The molecule has 0 spiro atoms. The normalized spacial score (nSPS) is 13.1. The van der Waals surface area contributed by atoms with Crippen molar-refractivity contribution in [3.05, 3.63) is 98.9 Å². The van der Waals surface area contributed by atoms with Gasteiger partial charge in [0.2, 0.25) is 10.0 Å². The molecule has 0 atom stereocenters. The van der Waals surface area contributed by atoms with Crippen LogP contribution in [0.25, 0.3) is 12.2 Å². The van der Waals surface area contributed by atoms with Gasteiger partial charge < -0.3 is 10.1 Å². The van der Waals surface area contributed by atoms with E-state index in [1.807, 2.05) is 0 Å². The molecule has 0 aliphatic carbocycles. The lowest BCUT2D eigenvalue weighted by atomic mass is 9.92. The van der Waals surface area contributed by atoms with Crippen LogP contribution in [0.5, 0.6) is 11.5 Å². The van der Waals surface area contributed by atoms with E-state index in [0.717, 1.165) is 6.26 Å². The third-order valence-electron chi connectivity index (χ3n) is 7.22. The van der Waals surface area contributed by atoms with E-state index in [4.69, 9.17) is 4.74 Å². The zero-order valence-corrected chi connectivity index (χ0v) is 26.4. The third kappa shape index (κ3) is 5.81. The van der Waals surface area contributed by atoms with Crippen LogP contribution in [0.3, 0.4) is 0 Å². The maximum Gasteiger partial charge on any atom is 0.295 e. The molecule has 0 saturated heterocycles. The fourth-order valence-electron chi connectivity index (χ4n) is 5.45. The number of rotatable bonds is 7. The van der Waals surface area contributed by atoms with E-state index in [-0.39, 0.29) is 33.0 Å². The topological polar surface area (TPSA) is 176 Å². The van der Waals surface area contributed by atoms with Gasteiger partial charge in [0.15, 0.2) is 0 Å². The molecule has 0 saturated carbocycles. The van der Waals surface area contributed by atoms with Crippen LogP contribution < -0.4 is 25.2 Å². The summed E-state index contributed by atoms with van der Waals surface area (Å²) in [6.45, 7) is 8.42. The van der Waals surface area contributed by atoms with Crippen molar-refractivity contribution in [2.45, 2.75) is 30.6 Å². The number of nitrogens with one attached hydrogen (secondary N) is 2. The van der Waals surface area contributed by atoms with Gasteiger partial charge in [-0.2, -0.15) is 16.8 Å². The molecule has 0 aromatic heterocycles. The zero-order valence-electron chi connectivity index (χ0n) is 24.0. The summed E-state index contributed by atoms with van der Waals surface area (Å²) in [5.74, 6) is 0.693. The summed E-state index contributed by atoms with van der Waals surface area (Å²) in [5, 5.41) is 4.34. The third-order valence-corrected chi connectivity index (χ3v) is 9.83. The van der Waals surface area contributed by atoms with E-state index < -0.39 is 35.2 Å². The molecule has 14 heteroatoms.